The van der Waals surface area contributed by atoms with Crippen molar-refractivity contribution in [3.05, 3.63) is 11.1 Å². The maximum atomic E-state index is 12.8. The summed E-state index contributed by atoms with van der Waals surface area (Å²) in [6, 6.07) is 0. The molecule has 3 unspecified atom stereocenters. The number of ether oxygens (including phenoxy) is 1. The number of esters is 1. The molecule has 2 heteroatoms. The van der Waals surface area contributed by atoms with Gasteiger partial charge in [-0.1, -0.05) is 38.7 Å². The minimum absolute atomic E-state index is 0.00405. The van der Waals surface area contributed by atoms with E-state index in [4.69, 9.17) is 4.74 Å². The molecule has 3 fully saturated rings. The van der Waals surface area contributed by atoms with Gasteiger partial charge in [-0.3, -0.25) is 0 Å². The van der Waals surface area contributed by atoms with Crippen LogP contribution in [0.25, 0.3) is 0 Å². The Morgan fingerprint density at radius 1 is 1.00 bits per heavy atom. The van der Waals surface area contributed by atoms with E-state index in [-0.39, 0.29) is 18.0 Å². The van der Waals surface area contributed by atoms with Crippen molar-refractivity contribution in [1.29, 1.82) is 0 Å². The fraction of sp³-hybridized carbons (Fsp3) is 0.850. The summed E-state index contributed by atoms with van der Waals surface area (Å²) >= 11 is 0. The Morgan fingerprint density at radius 3 is 2.27 bits per heavy atom. The van der Waals surface area contributed by atoms with E-state index in [1.165, 1.54) is 56.9 Å². The summed E-state index contributed by atoms with van der Waals surface area (Å²) in [4.78, 5) is 12.8. The highest BCUT2D eigenvalue weighted by atomic mass is 16.5. The van der Waals surface area contributed by atoms with Crippen LogP contribution in [0.5, 0.6) is 0 Å². The van der Waals surface area contributed by atoms with E-state index >= 15 is 0 Å². The molecule has 2 bridgehead atoms. The van der Waals surface area contributed by atoms with E-state index in [1.54, 1.807) is 0 Å². The zero-order valence-electron chi connectivity index (χ0n) is 14.6. The Labute approximate surface area is 135 Å². The molecule has 3 aliphatic carbocycles. The fourth-order valence-corrected chi connectivity index (χ4v) is 5.14. The number of carbonyl (C=O) groups is 1. The monoisotopic (exact) mass is 304 g/mol. The first-order chi connectivity index (χ1) is 10.6. The highest BCUT2D eigenvalue weighted by Crippen LogP contribution is 2.46. The van der Waals surface area contributed by atoms with Gasteiger partial charge in [-0.2, -0.15) is 0 Å². The van der Waals surface area contributed by atoms with Crippen LogP contribution in [0.15, 0.2) is 11.1 Å². The summed E-state index contributed by atoms with van der Waals surface area (Å²) in [5.41, 5.74) is 2.30. The maximum absolute atomic E-state index is 12.8. The topological polar surface area (TPSA) is 26.3 Å². The second-order valence-corrected chi connectivity index (χ2v) is 8.20. The molecule has 0 aromatic heterocycles. The number of rotatable bonds is 4. The number of allylic oxidation sites excluding steroid dienone is 1. The van der Waals surface area contributed by atoms with Crippen molar-refractivity contribution in [3.63, 3.8) is 0 Å². The van der Waals surface area contributed by atoms with Crippen molar-refractivity contribution in [1.82, 2.24) is 0 Å². The van der Waals surface area contributed by atoms with Crippen molar-refractivity contribution in [2.24, 2.45) is 23.7 Å². The van der Waals surface area contributed by atoms with Gasteiger partial charge >= 0.3 is 5.97 Å². The second-order valence-electron chi connectivity index (χ2n) is 8.20. The van der Waals surface area contributed by atoms with E-state index < -0.39 is 0 Å². The van der Waals surface area contributed by atoms with Gasteiger partial charge < -0.3 is 4.74 Å². The lowest BCUT2D eigenvalue weighted by Crippen LogP contribution is -2.27. The predicted octanol–water partition coefficient (Wildman–Crippen LogP) is 5.27. The molecule has 0 spiro atoms. The number of hydrogen-bond acceptors (Lipinski definition) is 2. The van der Waals surface area contributed by atoms with Crippen LogP contribution < -0.4 is 0 Å². The van der Waals surface area contributed by atoms with Gasteiger partial charge in [0, 0.05) is 5.57 Å². The molecule has 22 heavy (non-hydrogen) atoms. The van der Waals surface area contributed by atoms with E-state index in [2.05, 4.69) is 20.8 Å². The van der Waals surface area contributed by atoms with Crippen LogP contribution in [-0.4, -0.2) is 12.1 Å². The second kappa shape index (κ2) is 6.76. The van der Waals surface area contributed by atoms with Gasteiger partial charge in [-0.05, 0) is 69.1 Å². The van der Waals surface area contributed by atoms with Crippen molar-refractivity contribution < 1.29 is 9.53 Å². The summed E-state index contributed by atoms with van der Waals surface area (Å²) in [5.74, 6) is 2.36. The van der Waals surface area contributed by atoms with Crippen LogP contribution >= 0.6 is 0 Å². The predicted molar refractivity (Wildman–Crippen MR) is 89.4 cm³/mol. The molecule has 0 saturated heterocycles. The van der Waals surface area contributed by atoms with E-state index in [1.807, 2.05) is 0 Å². The lowest BCUT2D eigenvalue weighted by molar-refractivity contribution is -0.147. The molecule has 0 aromatic carbocycles. The molecule has 3 saturated carbocycles. The number of hydrogen-bond donors (Lipinski definition) is 0. The first-order valence-electron chi connectivity index (χ1n) is 9.48. The summed E-state index contributed by atoms with van der Waals surface area (Å²) in [5, 5.41) is 0. The smallest absolute Gasteiger partial charge is 0.334 e. The molecule has 0 aromatic rings. The molecule has 124 valence electrons. The summed E-state index contributed by atoms with van der Waals surface area (Å²) in [6.07, 6.45) is 11.7. The van der Waals surface area contributed by atoms with Crippen LogP contribution in [0.2, 0.25) is 0 Å². The van der Waals surface area contributed by atoms with E-state index in [0.29, 0.717) is 11.8 Å². The van der Waals surface area contributed by atoms with Crippen molar-refractivity contribution in [2.75, 3.05) is 0 Å². The average molecular weight is 304 g/mol. The zero-order valence-corrected chi connectivity index (χ0v) is 14.6. The highest BCUT2D eigenvalue weighted by molar-refractivity contribution is 5.90. The molecular formula is C20H32O2. The quantitative estimate of drug-likeness (QED) is 0.522. The minimum Gasteiger partial charge on any atom is -0.459 e. The lowest BCUT2D eigenvalue weighted by atomic mass is 9.80. The normalized spacial score (nSPS) is 33.2. The highest BCUT2D eigenvalue weighted by Gasteiger charge is 2.42. The molecule has 0 radical (unpaired) electrons. The van der Waals surface area contributed by atoms with Crippen molar-refractivity contribution in [3.8, 4) is 0 Å². The van der Waals surface area contributed by atoms with Crippen LogP contribution in [0, 0.1) is 23.7 Å². The van der Waals surface area contributed by atoms with Crippen molar-refractivity contribution in [2.45, 2.75) is 84.7 Å². The molecule has 3 atom stereocenters. The van der Waals surface area contributed by atoms with Gasteiger partial charge in [-0.15, -0.1) is 0 Å². The molecule has 3 rings (SSSR count). The Balaban J connectivity index is 1.70. The van der Waals surface area contributed by atoms with Crippen LogP contribution in [-0.2, 0) is 9.53 Å². The van der Waals surface area contributed by atoms with Gasteiger partial charge in [0.2, 0.25) is 0 Å². The van der Waals surface area contributed by atoms with Crippen LogP contribution in [0.1, 0.15) is 78.6 Å². The summed E-state index contributed by atoms with van der Waals surface area (Å²) in [6.45, 7) is 6.47. The molecule has 0 N–H and O–H groups in total. The Bertz CT molecular complexity index is 443. The van der Waals surface area contributed by atoms with Gasteiger partial charge in [0.05, 0.1) is 0 Å². The third-order valence-corrected chi connectivity index (χ3v) is 6.37. The third kappa shape index (κ3) is 3.26. The van der Waals surface area contributed by atoms with Crippen LogP contribution in [0.3, 0.4) is 0 Å². The number of carbonyl (C=O) groups excluding carboxylic acids is 1. The third-order valence-electron chi connectivity index (χ3n) is 6.37. The largest absolute Gasteiger partial charge is 0.459 e. The Hall–Kier alpha value is -0.790. The maximum Gasteiger partial charge on any atom is 0.334 e. The van der Waals surface area contributed by atoms with E-state index in [9.17, 15) is 4.79 Å². The Morgan fingerprint density at radius 2 is 1.73 bits per heavy atom. The van der Waals surface area contributed by atoms with E-state index in [0.717, 1.165) is 17.9 Å². The first-order valence-corrected chi connectivity index (χ1v) is 9.48. The molecule has 0 heterocycles. The SMILES string of the molecule is C/C(=C(\C(=O)OC1CC2CCC1C2)C(C)C)C1CCCCC1. The fourth-order valence-electron chi connectivity index (χ4n) is 5.14. The van der Waals surface area contributed by atoms with Gasteiger partial charge in [0.15, 0.2) is 0 Å². The van der Waals surface area contributed by atoms with Gasteiger partial charge in [0.25, 0.3) is 0 Å². The summed E-state index contributed by atoms with van der Waals surface area (Å²) < 4.78 is 5.98. The molecule has 3 aliphatic rings. The summed E-state index contributed by atoms with van der Waals surface area (Å²) in [7, 11) is 0. The Kier molecular flexibility index (Phi) is 4.94. The van der Waals surface area contributed by atoms with Crippen LogP contribution in [0.4, 0.5) is 0 Å². The minimum atomic E-state index is -0.00405. The number of fused-ring (bicyclic) bond motifs is 2. The standard InChI is InChI=1S/C20H32O2/c1-13(2)19(14(3)16-7-5-4-6-8-16)20(21)22-18-12-15-9-10-17(18)11-15/h13,15-18H,4-12H2,1-3H3/b19-14+. The zero-order chi connectivity index (χ0) is 15.7. The molecular weight excluding hydrogens is 272 g/mol. The average Bonchev–Trinajstić information content (AvgIpc) is 3.10. The molecule has 0 amide bonds. The lowest BCUT2D eigenvalue weighted by Gasteiger charge is -2.28. The molecule has 0 aliphatic heterocycles. The van der Waals surface area contributed by atoms with Gasteiger partial charge in [-0.25, -0.2) is 4.79 Å². The van der Waals surface area contributed by atoms with Gasteiger partial charge in [0.1, 0.15) is 6.10 Å². The molecule has 2 nitrogen and oxygen atoms in total. The van der Waals surface area contributed by atoms with Crippen molar-refractivity contribution >= 4 is 5.97 Å². The first kappa shape index (κ1) is 16.1.